The van der Waals surface area contributed by atoms with Crippen LogP contribution in [0.3, 0.4) is 0 Å². The second-order valence-corrected chi connectivity index (χ2v) is 8.42. The van der Waals surface area contributed by atoms with Crippen LogP contribution >= 0.6 is 0 Å². The smallest absolute Gasteiger partial charge is 0.236 e. The van der Waals surface area contributed by atoms with Crippen LogP contribution in [0, 0.1) is 0 Å². The first-order valence-electron chi connectivity index (χ1n) is 11.3. The number of aryl methyl sites for hydroxylation is 1. The van der Waals surface area contributed by atoms with Gasteiger partial charge in [0.25, 0.3) is 0 Å². The Balaban J connectivity index is 1.44. The van der Waals surface area contributed by atoms with Gasteiger partial charge in [0, 0.05) is 23.5 Å². The third kappa shape index (κ3) is 3.59. The molecule has 0 fully saturated rings. The Bertz CT molecular complexity index is 1440. The van der Waals surface area contributed by atoms with Crippen LogP contribution in [0.2, 0.25) is 0 Å². The van der Waals surface area contributed by atoms with Crippen molar-refractivity contribution in [2.24, 2.45) is 0 Å². The van der Waals surface area contributed by atoms with E-state index in [9.17, 15) is 0 Å². The van der Waals surface area contributed by atoms with Gasteiger partial charge >= 0.3 is 0 Å². The molecular weight excluding hydrogens is 408 g/mol. The lowest BCUT2D eigenvalue weighted by molar-refractivity contribution is 0.598. The van der Waals surface area contributed by atoms with Gasteiger partial charge < -0.3 is 11.1 Å². The van der Waals surface area contributed by atoms with Crippen molar-refractivity contribution in [3.8, 4) is 22.5 Å². The number of hydrogen-bond donors (Lipinski definition) is 2. The molecule has 0 unspecified atom stereocenters. The number of aromatic nitrogens is 4. The Labute approximate surface area is 192 Å². The molecule has 33 heavy (non-hydrogen) atoms. The molecule has 6 heteroatoms. The van der Waals surface area contributed by atoms with Crippen LogP contribution in [0.1, 0.15) is 30.0 Å². The Hall–Kier alpha value is -4.19. The maximum atomic E-state index is 5.94. The maximum absolute atomic E-state index is 5.94. The van der Waals surface area contributed by atoms with Gasteiger partial charge in [0.05, 0.1) is 17.4 Å². The first kappa shape index (κ1) is 19.5. The minimum Gasteiger partial charge on any atom is -0.384 e. The molecule has 0 spiro atoms. The number of pyridine rings is 1. The number of anilines is 2. The van der Waals surface area contributed by atoms with E-state index in [0.717, 1.165) is 41.2 Å². The van der Waals surface area contributed by atoms with Crippen molar-refractivity contribution in [1.29, 1.82) is 0 Å². The van der Waals surface area contributed by atoms with Crippen molar-refractivity contribution in [3.63, 3.8) is 0 Å². The molecule has 3 N–H and O–H groups in total. The Morgan fingerprint density at radius 3 is 2.67 bits per heavy atom. The monoisotopic (exact) mass is 432 g/mol. The molecule has 1 aliphatic carbocycles. The highest BCUT2D eigenvalue weighted by molar-refractivity contribution is 5.82. The molecule has 0 amide bonds. The first-order chi connectivity index (χ1) is 16.3. The van der Waals surface area contributed by atoms with E-state index in [1.807, 2.05) is 41.1 Å². The number of nitrogen functional groups attached to an aromatic ring is 1. The van der Waals surface area contributed by atoms with E-state index in [2.05, 4.69) is 57.7 Å². The number of nitrogens with zero attached hydrogens (tertiary/aromatic N) is 4. The molecule has 0 saturated carbocycles. The largest absolute Gasteiger partial charge is 0.384 e. The number of imidazole rings is 1. The summed E-state index contributed by atoms with van der Waals surface area (Å²) in [4.78, 5) is 13.9. The number of hydrogen-bond acceptors (Lipinski definition) is 5. The van der Waals surface area contributed by atoms with E-state index in [4.69, 9.17) is 10.7 Å². The van der Waals surface area contributed by atoms with Crippen LogP contribution in [0.4, 0.5) is 11.6 Å². The fraction of sp³-hybridized carbons (Fsp3) is 0.148. The Kier molecular flexibility index (Phi) is 4.76. The normalized spacial score (nSPS) is 15.3. The maximum Gasteiger partial charge on any atom is 0.236 e. The van der Waals surface area contributed by atoms with Gasteiger partial charge in [-0.3, -0.25) is 4.40 Å². The minimum atomic E-state index is 0.259. The topological polar surface area (TPSA) is 81.1 Å². The molecule has 1 aliphatic rings. The number of nitrogens with two attached hydrogens (primary N) is 1. The van der Waals surface area contributed by atoms with Gasteiger partial charge in [-0.25, -0.2) is 9.97 Å². The standard InChI is InChI=1S/C27H24N6/c28-23-14-16-33-26(25(32-27(33)31-23)19-8-2-1-3-9-19)20-13-15-29-24(17-20)30-22-12-6-10-18-7-4-5-11-21(18)22/h1-5,7-9,11,13-17,22H,6,10,12H2,(H,29,30)(H2,28,31,32)/t22-/m0/s1. The average Bonchev–Trinajstić information content (AvgIpc) is 3.24. The van der Waals surface area contributed by atoms with Crippen LogP contribution < -0.4 is 11.1 Å². The summed E-state index contributed by atoms with van der Waals surface area (Å²) in [6, 6.07) is 25.0. The molecule has 2 aromatic carbocycles. The molecule has 1 atom stereocenters. The summed E-state index contributed by atoms with van der Waals surface area (Å²) >= 11 is 0. The molecule has 6 nitrogen and oxygen atoms in total. The summed E-state index contributed by atoms with van der Waals surface area (Å²) in [5.41, 5.74) is 12.6. The third-order valence-electron chi connectivity index (χ3n) is 6.29. The molecule has 5 aromatic rings. The van der Waals surface area contributed by atoms with E-state index >= 15 is 0 Å². The average molecular weight is 433 g/mol. The number of rotatable bonds is 4. The predicted octanol–water partition coefficient (Wildman–Crippen LogP) is 5.53. The molecule has 0 radical (unpaired) electrons. The van der Waals surface area contributed by atoms with Gasteiger partial charge in [-0.1, -0.05) is 54.6 Å². The zero-order valence-corrected chi connectivity index (χ0v) is 18.1. The molecular formula is C27H24N6. The van der Waals surface area contributed by atoms with Crippen molar-refractivity contribution < 1.29 is 0 Å². The third-order valence-corrected chi connectivity index (χ3v) is 6.29. The Morgan fingerprint density at radius 2 is 1.76 bits per heavy atom. The molecule has 6 rings (SSSR count). The van der Waals surface area contributed by atoms with Crippen molar-refractivity contribution in [2.75, 3.05) is 11.1 Å². The summed E-state index contributed by atoms with van der Waals surface area (Å²) in [7, 11) is 0. The highest BCUT2D eigenvalue weighted by Gasteiger charge is 2.21. The van der Waals surface area contributed by atoms with E-state index in [1.54, 1.807) is 6.07 Å². The van der Waals surface area contributed by atoms with Crippen molar-refractivity contribution >= 4 is 17.4 Å². The van der Waals surface area contributed by atoms with E-state index in [1.165, 1.54) is 17.5 Å². The lowest BCUT2D eigenvalue weighted by Gasteiger charge is -2.27. The summed E-state index contributed by atoms with van der Waals surface area (Å²) in [5, 5.41) is 3.68. The molecule has 0 saturated heterocycles. The number of fused-ring (bicyclic) bond motifs is 2. The van der Waals surface area contributed by atoms with Gasteiger partial charge in [-0.15, -0.1) is 0 Å². The zero-order valence-electron chi connectivity index (χ0n) is 18.1. The number of benzene rings is 2. The van der Waals surface area contributed by atoms with Crippen LogP contribution in [0.5, 0.6) is 0 Å². The minimum absolute atomic E-state index is 0.259. The molecule has 0 bridgehead atoms. The van der Waals surface area contributed by atoms with E-state index in [0.29, 0.717) is 11.6 Å². The van der Waals surface area contributed by atoms with Crippen molar-refractivity contribution in [3.05, 3.63) is 96.3 Å². The highest BCUT2D eigenvalue weighted by Crippen LogP contribution is 2.35. The van der Waals surface area contributed by atoms with Gasteiger partial charge in [0.15, 0.2) is 0 Å². The lowest BCUT2D eigenvalue weighted by Crippen LogP contribution is -2.17. The van der Waals surface area contributed by atoms with Crippen LogP contribution in [-0.2, 0) is 6.42 Å². The SMILES string of the molecule is Nc1ccn2c(-c3ccnc(N[C@H]4CCCc5ccccc54)c3)c(-c3ccccc3)nc2n1. The predicted molar refractivity (Wildman–Crippen MR) is 132 cm³/mol. The van der Waals surface area contributed by atoms with Gasteiger partial charge in [0.1, 0.15) is 11.6 Å². The van der Waals surface area contributed by atoms with Crippen LogP contribution in [0.15, 0.2) is 85.2 Å². The first-order valence-corrected chi connectivity index (χ1v) is 11.3. The fourth-order valence-corrected chi connectivity index (χ4v) is 4.76. The summed E-state index contributed by atoms with van der Waals surface area (Å²) in [6.07, 6.45) is 7.19. The quantitative estimate of drug-likeness (QED) is 0.390. The summed E-state index contributed by atoms with van der Waals surface area (Å²) < 4.78 is 1.99. The van der Waals surface area contributed by atoms with Crippen molar-refractivity contribution in [2.45, 2.75) is 25.3 Å². The molecule has 0 aliphatic heterocycles. The fourth-order valence-electron chi connectivity index (χ4n) is 4.76. The van der Waals surface area contributed by atoms with Gasteiger partial charge in [-0.05, 0) is 48.6 Å². The highest BCUT2D eigenvalue weighted by atomic mass is 15.1. The molecule has 3 aromatic heterocycles. The van der Waals surface area contributed by atoms with Crippen LogP contribution in [0.25, 0.3) is 28.3 Å². The van der Waals surface area contributed by atoms with E-state index < -0.39 is 0 Å². The van der Waals surface area contributed by atoms with Crippen molar-refractivity contribution in [1.82, 2.24) is 19.4 Å². The second kappa shape index (κ2) is 8.06. The molecule has 3 heterocycles. The number of nitrogens with one attached hydrogen (secondary N) is 1. The summed E-state index contributed by atoms with van der Waals surface area (Å²) in [5.74, 6) is 1.88. The Morgan fingerprint density at radius 1 is 0.909 bits per heavy atom. The molecule has 162 valence electrons. The van der Waals surface area contributed by atoms with Gasteiger partial charge in [-0.2, -0.15) is 4.98 Å². The van der Waals surface area contributed by atoms with Gasteiger partial charge in [0.2, 0.25) is 5.78 Å². The summed E-state index contributed by atoms with van der Waals surface area (Å²) in [6.45, 7) is 0. The zero-order chi connectivity index (χ0) is 22.2. The second-order valence-electron chi connectivity index (χ2n) is 8.42. The lowest BCUT2D eigenvalue weighted by atomic mass is 9.88. The van der Waals surface area contributed by atoms with Crippen LogP contribution in [-0.4, -0.2) is 19.4 Å². The van der Waals surface area contributed by atoms with E-state index in [-0.39, 0.29) is 6.04 Å².